The van der Waals surface area contributed by atoms with Crippen molar-refractivity contribution in [2.75, 3.05) is 0 Å². The van der Waals surface area contributed by atoms with Crippen LogP contribution in [-0.2, 0) is 6.42 Å². The predicted octanol–water partition coefficient (Wildman–Crippen LogP) is 4.37. The van der Waals surface area contributed by atoms with Crippen LogP contribution in [0, 0.1) is 6.92 Å². The number of hydrogen-bond donors (Lipinski definition) is 2. The molecule has 0 spiro atoms. The largest absolute Gasteiger partial charge is 0.508 e. The van der Waals surface area contributed by atoms with E-state index in [1.165, 1.54) is 16.7 Å². The number of phenolic OH excluding ortho intramolecular Hbond substituents is 1. The minimum atomic E-state index is 0.331. The molecule has 0 radical (unpaired) electrons. The van der Waals surface area contributed by atoms with E-state index in [-0.39, 0.29) is 0 Å². The third-order valence-corrected chi connectivity index (χ3v) is 3.88. The first-order valence-electron chi connectivity index (χ1n) is 7.65. The lowest BCUT2D eigenvalue weighted by Gasteiger charge is -2.21. The maximum Gasteiger partial charge on any atom is 0.115 e. The number of rotatable bonds is 6. The van der Waals surface area contributed by atoms with Crippen molar-refractivity contribution in [3.8, 4) is 5.75 Å². The summed E-state index contributed by atoms with van der Waals surface area (Å²) in [5.74, 6) is 0.331. The first-order chi connectivity index (χ1) is 10.0. The number of benzene rings is 2. The molecule has 0 aliphatic rings. The molecular formula is C19H25NO. The van der Waals surface area contributed by atoms with Crippen LogP contribution in [0.25, 0.3) is 0 Å². The summed E-state index contributed by atoms with van der Waals surface area (Å²) in [6.45, 7) is 6.57. The summed E-state index contributed by atoms with van der Waals surface area (Å²) in [5, 5.41) is 12.9. The first-order valence-corrected chi connectivity index (χ1v) is 7.65. The quantitative estimate of drug-likeness (QED) is 0.825. The van der Waals surface area contributed by atoms with Gasteiger partial charge < -0.3 is 10.4 Å². The van der Waals surface area contributed by atoms with E-state index in [4.69, 9.17) is 0 Å². The summed E-state index contributed by atoms with van der Waals surface area (Å²) in [6, 6.07) is 17.0. The van der Waals surface area contributed by atoms with Crippen LogP contribution in [0.5, 0.6) is 5.75 Å². The van der Waals surface area contributed by atoms with Crippen molar-refractivity contribution in [3.63, 3.8) is 0 Å². The summed E-state index contributed by atoms with van der Waals surface area (Å²) in [4.78, 5) is 0. The van der Waals surface area contributed by atoms with E-state index < -0.39 is 0 Å². The molecule has 1 unspecified atom stereocenters. The van der Waals surface area contributed by atoms with Crippen molar-refractivity contribution in [2.24, 2.45) is 0 Å². The van der Waals surface area contributed by atoms with Gasteiger partial charge in [-0.2, -0.15) is 0 Å². The molecule has 0 amide bonds. The molecule has 0 heterocycles. The van der Waals surface area contributed by atoms with Crippen LogP contribution in [0.1, 0.15) is 43.0 Å². The minimum absolute atomic E-state index is 0.331. The first kappa shape index (κ1) is 15.6. The summed E-state index contributed by atoms with van der Waals surface area (Å²) in [7, 11) is 0. The zero-order valence-corrected chi connectivity index (χ0v) is 13.1. The summed E-state index contributed by atoms with van der Waals surface area (Å²) in [5.41, 5.74) is 3.91. The molecule has 0 bridgehead atoms. The molecule has 2 aromatic carbocycles. The van der Waals surface area contributed by atoms with Gasteiger partial charge in [-0.05, 0) is 56.9 Å². The van der Waals surface area contributed by atoms with Crippen LogP contribution in [-0.4, -0.2) is 11.1 Å². The third kappa shape index (κ3) is 4.91. The molecule has 0 saturated carbocycles. The summed E-state index contributed by atoms with van der Waals surface area (Å²) in [6.07, 6.45) is 2.11. The van der Waals surface area contributed by atoms with Crippen molar-refractivity contribution in [3.05, 3.63) is 65.2 Å². The van der Waals surface area contributed by atoms with Crippen molar-refractivity contribution >= 4 is 0 Å². The molecule has 0 aliphatic heterocycles. The Kier molecular flexibility index (Phi) is 5.40. The van der Waals surface area contributed by atoms with Gasteiger partial charge in [0.15, 0.2) is 0 Å². The fourth-order valence-corrected chi connectivity index (χ4v) is 2.59. The molecule has 2 aromatic rings. The maximum atomic E-state index is 9.29. The van der Waals surface area contributed by atoms with Gasteiger partial charge in [-0.3, -0.25) is 0 Å². The zero-order valence-electron chi connectivity index (χ0n) is 13.1. The van der Waals surface area contributed by atoms with Crippen LogP contribution in [0.3, 0.4) is 0 Å². The minimum Gasteiger partial charge on any atom is -0.508 e. The van der Waals surface area contributed by atoms with Crippen LogP contribution in [0.4, 0.5) is 0 Å². The van der Waals surface area contributed by atoms with E-state index in [1.54, 1.807) is 12.1 Å². The van der Waals surface area contributed by atoms with E-state index in [1.807, 2.05) is 12.1 Å². The van der Waals surface area contributed by atoms with E-state index in [0.29, 0.717) is 17.8 Å². The fourth-order valence-electron chi connectivity index (χ4n) is 2.59. The number of nitrogens with one attached hydrogen (secondary N) is 1. The molecule has 112 valence electrons. The molecule has 2 atom stereocenters. The highest BCUT2D eigenvalue weighted by Gasteiger charge is 2.09. The zero-order chi connectivity index (χ0) is 15.2. The second kappa shape index (κ2) is 7.28. The Bertz CT molecular complexity index is 562. The topological polar surface area (TPSA) is 32.3 Å². The van der Waals surface area contributed by atoms with Crippen LogP contribution < -0.4 is 5.32 Å². The van der Waals surface area contributed by atoms with Gasteiger partial charge in [0, 0.05) is 12.1 Å². The van der Waals surface area contributed by atoms with Gasteiger partial charge in [-0.25, -0.2) is 0 Å². The van der Waals surface area contributed by atoms with Gasteiger partial charge in [0.05, 0.1) is 0 Å². The second-order valence-corrected chi connectivity index (χ2v) is 5.91. The molecule has 2 N–H and O–H groups in total. The molecule has 2 rings (SSSR count). The van der Waals surface area contributed by atoms with Gasteiger partial charge in [0.25, 0.3) is 0 Å². The summed E-state index contributed by atoms with van der Waals surface area (Å²) >= 11 is 0. The van der Waals surface area contributed by atoms with Crippen molar-refractivity contribution in [1.82, 2.24) is 5.32 Å². The lowest BCUT2D eigenvalue weighted by Crippen LogP contribution is -2.29. The Balaban J connectivity index is 1.83. The van der Waals surface area contributed by atoms with Gasteiger partial charge in [-0.15, -0.1) is 0 Å². The van der Waals surface area contributed by atoms with Crippen LogP contribution >= 0.6 is 0 Å². The second-order valence-electron chi connectivity index (χ2n) is 5.91. The third-order valence-electron chi connectivity index (χ3n) is 3.88. The molecular weight excluding hydrogens is 258 g/mol. The highest BCUT2D eigenvalue weighted by atomic mass is 16.3. The normalized spacial score (nSPS) is 13.9. The average molecular weight is 283 g/mol. The number of aryl methyl sites for hydroxylation is 2. The Labute approximate surface area is 127 Å². The van der Waals surface area contributed by atoms with Gasteiger partial charge >= 0.3 is 0 Å². The van der Waals surface area contributed by atoms with Gasteiger partial charge in [0.1, 0.15) is 5.75 Å². The van der Waals surface area contributed by atoms with Gasteiger partial charge in [-0.1, -0.05) is 42.0 Å². The SMILES string of the molecule is Cc1cccc([C@H](C)NC(C)CCc2ccc(O)cc2)c1. The molecule has 21 heavy (non-hydrogen) atoms. The van der Waals surface area contributed by atoms with E-state index in [0.717, 1.165) is 12.8 Å². The number of hydrogen-bond acceptors (Lipinski definition) is 2. The van der Waals surface area contributed by atoms with Crippen molar-refractivity contribution < 1.29 is 5.11 Å². The van der Waals surface area contributed by atoms with E-state index in [9.17, 15) is 5.11 Å². The Morgan fingerprint density at radius 3 is 2.43 bits per heavy atom. The summed E-state index contributed by atoms with van der Waals surface area (Å²) < 4.78 is 0. The Morgan fingerprint density at radius 2 is 1.76 bits per heavy atom. The van der Waals surface area contributed by atoms with Crippen LogP contribution in [0.15, 0.2) is 48.5 Å². The lowest BCUT2D eigenvalue weighted by molar-refractivity contribution is 0.455. The maximum absolute atomic E-state index is 9.29. The predicted molar refractivity (Wildman–Crippen MR) is 88.6 cm³/mol. The van der Waals surface area contributed by atoms with E-state index >= 15 is 0 Å². The molecule has 0 aromatic heterocycles. The molecule has 2 nitrogen and oxygen atoms in total. The highest BCUT2D eigenvalue weighted by molar-refractivity contribution is 5.26. The Hall–Kier alpha value is -1.80. The molecule has 0 fully saturated rings. The highest BCUT2D eigenvalue weighted by Crippen LogP contribution is 2.16. The van der Waals surface area contributed by atoms with Crippen LogP contribution in [0.2, 0.25) is 0 Å². The standard InChI is InChI=1S/C19H25NO/c1-14-5-4-6-18(13-14)16(3)20-15(2)7-8-17-9-11-19(21)12-10-17/h4-6,9-13,15-16,20-21H,7-8H2,1-3H3/t15?,16-/m0/s1. The molecule has 0 aliphatic carbocycles. The molecule has 0 saturated heterocycles. The number of aromatic hydroxyl groups is 1. The average Bonchev–Trinajstić information content (AvgIpc) is 2.46. The smallest absolute Gasteiger partial charge is 0.115 e. The van der Waals surface area contributed by atoms with Crippen molar-refractivity contribution in [1.29, 1.82) is 0 Å². The fraction of sp³-hybridized carbons (Fsp3) is 0.368. The van der Waals surface area contributed by atoms with E-state index in [2.05, 4.69) is 50.4 Å². The number of phenols is 1. The van der Waals surface area contributed by atoms with Gasteiger partial charge in [0.2, 0.25) is 0 Å². The lowest BCUT2D eigenvalue weighted by atomic mass is 10.0. The molecule has 2 heteroatoms. The monoisotopic (exact) mass is 283 g/mol. The Morgan fingerprint density at radius 1 is 1.05 bits per heavy atom. The van der Waals surface area contributed by atoms with Crippen molar-refractivity contribution in [2.45, 2.75) is 45.7 Å².